The Balaban J connectivity index is 2.65. The van der Waals surface area contributed by atoms with E-state index in [1.54, 1.807) is 0 Å². The van der Waals surface area contributed by atoms with Crippen molar-refractivity contribution in [3.8, 4) is 0 Å². The van der Waals surface area contributed by atoms with Crippen LogP contribution in [0.3, 0.4) is 0 Å². The molecular weight excluding hydrogens is 211 g/mol. The Morgan fingerprint density at radius 2 is 2.07 bits per heavy atom. The molecule has 0 radical (unpaired) electrons. The lowest BCUT2D eigenvalue weighted by Crippen LogP contribution is -2.42. The van der Waals surface area contributed by atoms with E-state index in [2.05, 4.69) is 4.98 Å². The molecule has 1 N–H and O–H groups in total. The normalized spacial score (nSPS) is 16.7. The quantitative estimate of drug-likeness (QED) is 0.717. The Labute approximate surface area is 83.3 Å². The van der Waals surface area contributed by atoms with Gasteiger partial charge in [0.15, 0.2) is 5.15 Å². The third-order valence-corrected chi connectivity index (χ3v) is 2.74. The van der Waals surface area contributed by atoms with Gasteiger partial charge in [-0.05, 0) is 19.3 Å². The second-order valence-electron chi connectivity index (χ2n) is 3.32. The maximum Gasteiger partial charge on any atom is 0.329 e. The minimum atomic E-state index is -1.09. The van der Waals surface area contributed by atoms with Gasteiger partial charge in [0.1, 0.15) is 0 Å². The smallest absolute Gasteiger partial charge is 0.295 e. The molecule has 0 aromatic carbocycles. The molecule has 1 aliphatic rings. The van der Waals surface area contributed by atoms with Crippen molar-refractivity contribution in [2.45, 2.75) is 25.3 Å². The fourth-order valence-electron chi connectivity index (χ4n) is 1.48. The summed E-state index contributed by atoms with van der Waals surface area (Å²) in [6.45, 7) is 0. The highest BCUT2D eigenvalue weighted by atomic mass is 35.5. The molecule has 1 saturated carbocycles. The van der Waals surface area contributed by atoms with E-state index in [1.165, 1.54) is 0 Å². The van der Waals surface area contributed by atoms with Gasteiger partial charge in [-0.1, -0.05) is 11.6 Å². The standard InChI is InChI=1S/C8H8ClFN2O2/c9-6-5(10)7(13)12(8(14)11-6)4-2-1-3-4/h4H,1-3H2,(H,11,14). The first-order valence-electron chi connectivity index (χ1n) is 4.31. The first-order chi connectivity index (χ1) is 6.61. The molecule has 1 fully saturated rings. The Hall–Kier alpha value is -1.10. The van der Waals surface area contributed by atoms with Crippen LogP contribution in [-0.2, 0) is 0 Å². The van der Waals surface area contributed by atoms with Gasteiger partial charge in [-0.15, -0.1) is 0 Å². The first-order valence-corrected chi connectivity index (χ1v) is 4.69. The molecule has 1 heterocycles. The average Bonchev–Trinajstić information content (AvgIpc) is 2.05. The van der Waals surface area contributed by atoms with Crippen molar-refractivity contribution in [1.82, 2.24) is 9.55 Å². The zero-order chi connectivity index (χ0) is 10.3. The molecule has 0 atom stereocenters. The molecule has 0 bridgehead atoms. The van der Waals surface area contributed by atoms with Crippen LogP contribution in [0.2, 0.25) is 5.15 Å². The summed E-state index contributed by atoms with van der Waals surface area (Å²) in [6, 6.07) is -0.169. The maximum atomic E-state index is 13.1. The number of halogens is 2. The molecule has 0 spiro atoms. The third kappa shape index (κ3) is 1.28. The average molecular weight is 219 g/mol. The largest absolute Gasteiger partial charge is 0.329 e. The van der Waals surface area contributed by atoms with Gasteiger partial charge in [0.25, 0.3) is 5.56 Å². The highest BCUT2D eigenvalue weighted by molar-refractivity contribution is 6.29. The lowest BCUT2D eigenvalue weighted by molar-refractivity contribution is 0.290. The van der Waals surface area contributed by atoms with Crippen molar-refractivity contribution >= 4 is 11.6 Å². The van der Waals surface area contributed by atoms with Crippen LogP contribution in [0.25, 0.3) is 0 Å². The van der Waals surface area contributed by atoms with E-state index in [9.17, 15) is 14.0 Å². The molecule has 6 heteroatoms. The van der Waals surface area contributed by atoms with Crippen molar-refractivity contribution in [2.75, 3.05) is 0 Å². The highest BCUT2D eigenvalue weighted by Crippen LogP contribution is 2.29. The van der Waals surface area contributed by atoms with Crippen molar-refractivity contribution in [1.29, 1.82) is 0 Å². The first kappa shape index (κ1) is 9.45. The summed E-state index contributed by atoms with van der Waals surface area (Å²) < 4.78 is 14.0. The van der Waals surface area contributed by atoms with Gasteiger partial charge in [-0.3, -0.25) is 14.3 Å². The van der Waals surface area contributed by atoms with Crippen LogP contribution in [0.15, 0.2) is 9.59 Å². The molecule has 2 rings (SSSR count). The van der Waals surface area contributed by atoms with E-state index < -0.39 is 22.2 Å². The molecule has 1 aliphatic carbocycles. The lowest BCUT2D eigenvalue weighted by Gasteiger charge is -2.26. The van der Waals surface area contributed by atoms with Crippen LogP contribution in [0.4, 0.5) is 4.39 Å². The minimum absolute atomic E-state index is 0.169. The number of aromatic nitrogens is 2. The summed E-state index contributed by atoms with van der Waals surface area (Å²) >= 11 is 5.31. The summed E-state index contributed by atoms with van der Waals surface area (Å²) in [5.41, 5.74) is -1.56. The summed E-state index contributed by atoms with van der Waals surface area (Å²) in [4.78, 5) is 24.7. The minimum Gasteiger partial charge on any atom is -0.295 e. The van der Waals surface area contributed by atoms with Gasteiger partial charge in [0, 0.05) is 6.04 Å². The van der Waals surface area contributed by atoms with E-state index in [0.29, 0.717) is 0 Å². The lowest BCUT2D eigenvalue weighted by atomic mass is 9.93. The Morgan fingerprint density at radius 3 is 2.57 bits per heavy atom. The van der Waals surface area contributed by atoms with Gasteiger partial charge < -0.3 is 0 Å². The number of rotatable bonds is 1. The maximum absolute atomic E-state index is 13.1. The van der Waals surface area contributed by atoms with E-state index in [-0.39, 0.29) is 6.04 Å². The molecule has 1 aromatic heterocycles. The highest BCUT2D eigenvalue weighted by Gasteiger charge is 2.24. The van der Waals surface area contributed by atoms with Crippen LogP contribution in [0, 0.1) is 5.82 Å². The van der Waals surface area contributed by atoms with Crippen molar-refractivity contribution in [3.63, 3.8) is 0 Å². The van der Waals surface area contributed by atoms with E-state index in [1.807, 2.05) is 0 Å². The van der Waals surface area contributed by atoms with Gasteiger partial charge in [-0.25, -0.2) is 4.79 Å². The van der Waals surface area contributed by atoms with E-state index in [4.69, 9.17) is 11.6 Å². The van der Waals surface area contributed by atoms with Crippen LogP contribution < -0.4 is 11.2 Å². The fourth-order valence-corrected chi connectivity index (χ4v) is 1.64. The molecule has 76 valence electrons. The molecule has 4 nitrogen and oxygen atoms in total. The summed E-state index contributed by atoms with van der Waals surface area (Å²) in [7, 11) is 0. The molecule has 14 heavy (non-hydrogen) atoms. The van der Waals surface area contributed by atoms with Gasteiger partial charge in [-0.2, -0.15) is 4.39 Å². The predicted molar refractivity (Wildman–Crippen MR) is 49.2 cm³/mol. The second-order valence-corrected chi connectivity index (χ2v) is 3.70. The summed E-state index contributed by atoms with van der Waals surface area (Å²) in [6.07, 6.45) is 2.44. The monoisotopic (exact) mass is 218 g/mol. The van der Waals surface area contributed by atoms with Crippen molar-refractivity contribution in [3.05, 3.63) is 31.8 Å². The number of nitrogens with zero attached hydrogens (tertiary/aromatic N) is 1. The van der Waals surface area contributed by atoms with Gasteiger partial charge >= 0.3 is 5.69 Å². The summed E-state index contributed by atoms with van der Waals surface area (Å²) in [5, 5.41) is -0.518. The fraction of sp³-hybridized carbons (Fsp3) is 0.500. The van der Waals surface area contributed by atoms with Crippen LogP contribution >= 0.6 is 11.6 Å². The molecule has 0 amide bonds. The Morgan fingerprint density at radius 1 is 1.43 bits per heavy atom. The zero-order valence-corrected chi connectivity index (χ0v) is 7.97. The number of hydrogen-bond acceptors (Lipinski definition) is 2. The number of aromatic amines is 1. The Kier molecular flexibility index (Phi) is 2.19. The molecule has 0 unspecified atom stereocenters. The molecular formula is C8H8ClFN2O2. The topological polar surface area (TPSA) is 54.9 Å². The Bertz CT molecular complexity index is 475. The molecule has 0 aliphatic heterocycles. The molecule has 1 aromatic rings. The number of nitrogens with one attached hydrogen (secondary N) is 1. The second kappa shape index (κ2) is 3.24. The predicted octanol–water partition coefficient (Wildman–Crippen LogP) is 1.05. The SMILES string of the molecule is O=c1[nH]c(Cl)c(F)c(=O)n1C1CCC1. The number of H-pyrrole nitrogens is 1. The number of hydrogen-bond donors (Lipinski definition) is 1. The zero-order valence-electron chi connectivity index (χ0n) is 7.22. The van der Waals surface area contributed by atoms with Gasteiger partial charge in [0.2, 0.25) is 5.82 Å². The van der Waals surface area contributed by atoms with Gasteiger partial charge in [0.05, 0.1) is 0 Å². The van der Waals surface area contributed by atoms with Crippen LogP contribution in [0.1, 0.15) is 25.3 Å². The van der Waals surface area contributed by atoms with Crippen LogP contribution in [-0.4, -0.2) is 9.55 Å². The third-order valence-electron chi connectivity index (χ3n) is 2.47. The van der Waals surface area contributed by atoms with Crippen LogP contribution in [0.5, 0.6) is 0 Å². The van der Waals surface area contributed by atoms with Crippen molar-refractivity contribution < 1.29 is 4.39 Å². The van der Waals surface area contributed by atoms with E-state index >= 15 is 0 Å². The van der Waals surface area contributed by atoms with E-state index in [0.717, 1.165) is 23.8 Å². The summed E-state index contributed by atoms with van der Waals surface area (Å²) in [5.74, 6) is -1.09. The van der Waals surface area contributed by atoms with Crippen molar-refractivity contribution in [2.24, 2.45) is 0 Å². The molecule has 0 saturated heterocycles.